The summed E-state index contributed by atoms with van der Waals surface area (Å²) in [7, 11) is 2.07. The van der Waals surface area contributed by atoms with Crippen molar-refractivity contribution in [3.8, 4) is 0 Å². The van der Waals surface area contributed by atoms with E-state index in [9.17, 15) is 0 Å². The summed E-state index contributed by atoms with van der Waals surface area (Å²) in [5.41, 5.74) is 0.0367. The molecule has 0 bridgehead atoms. The van der Waals surface area contributed by atoms with Crippen LogP contribution in [-0.4, -0.2) is 38.5 Å². The van der Waals surface area contributed by atoms with Gasteiger partial charge in [0.05, 0.1) is 5.60 Å². The predicted octanol–water partition coefficient (Wildman–Crippen LogP) is 1.96. The Bertz CT molecular complexity index is 208. The average Bonchev–Trinajstić information content (AvgIpc) is 2.32. The lowest BCUT2D eigenvalue weighted by Crippen LogP contribution is -2.55. The lowest BCUT2D eigenvalue weighted by molar-refractivity contribution is -0.108. The van der Waals surface area contributed by atoms with Crippen LogP contribution in [0.15, 0.2) is 0 Å². The minimum Gasteiger partial charge on any atom is -0.381 e. The maximum absolute atomic E-state index is 6.07. The fourth-order valence-corrected chi connectivity index (χ4v) is 3.29. The van der Waals surface area contributed by atoms with Crippen LogP contribution in [0.3, 0.4) is 0 Å². The third-order valence-corrected chi connectivity index (χ3v) is 4.21. The molecular formula is C13H25NO2. The predicted molar refractivity (Wildman–Crippen MR) is 64.6 cm³/mol. The minimum atomic E-state index is 0.0367. The van der Waals surface area contributed by atoms with E-state index in [0.29, 0.717) is 12.0 Å². The number of ether oxygens (including phenoxy) is 2. The molecule has 0 aromatic rings. The van der Waals surface area contributed by atoms with Crippen molar-refractivity contribution < 1.29 is 9.47 Å². The van der Waals surface area contributed by atoms with E-state index < -0.39 is 0 Å². The molecule has 0 saturated carbocycles. The van der Waals surface area contributed by atoms with Gasteiger partial charge in [-0.2, -0.15) is 0 Å². The second-order valence-electron chi connectivity index (χ2n) is 5.33. The Morgan fingerprint density at radius 1 is 1.19 bits per heavy atom. The highest BCUT2D eigenvalue weighted by Gasteiger charge is 2.40. The van der Waals surface area contributed by atoms with Gasteiger partial charge in [0.1, 0.15) is 0 Å². The molecule has 2 aliphatic rings. The molecule has 2 aliphatic heterocycles. The third kappa shape index (κ3) is 2.58. The molecule has 2 heterocycles. The van der Waals surface area contributed by atoms with Crippen LogP contribution in [0.2, 0.25) is 0 Å². The first kappa shape index (κ1) is 12.3. The van der Waals surface area contributed by atoms with E-state index in [-0.39, 0.29) is 5.60 Å². The van der Waals surface area contributed by atoms with Crippen LogP contribution in [0, 0.1) is 5.92 Å². The van der Waals surface area contributed by atoms with Crippen molar-refractivity contribution in [3.05, 3.63) is 0 Å². The summed E-state index contributed by atoms with van der Waals surface area (Å²) in [6.45, 7) is 5.04. The Kier molecular flexibility index (Phi) is 4.22. The molecule has 1 N–H and O–H groups in total. The summed E-state index contributed by atoms with van der Waals surface area (Å²) in [5.74, 6) is 0.710. The summed E-state index contributed by atoms with van der Waals surface area (Å²) in [5, 5.41) is 3.50. The number of nitrogens with one attached hydrogen (secondary N) is 1. The van der Waals surface area contributed by atoms with E-state index in [2.05, 4.69) is 19.3 Å². The van der Waals surface area contributed by atoms with E-state index in [1.165, 1.54) is 32.1 Å². The van der Waals surface area contributed by atoms with Gasteiger partial charge in [-0.1, -0.05) is 0 Å². The quantitative estimate of drug-likeness (QED) is 0.799. The minimum absolute atomic E-state index is 0.0367. The van der Waals surface area contributed by atoms with Crippen molar-refractivity contribution >= 4 is 0 Å². The molecule has 0 radical (unpaired) electrons. The van der Waals surface area contributed by atoms with Crippen molar-refractivity contribution in [1.29, 1.82) is 0 Å². The highest BCUT2D eigenvalue weighted by atomic mass is 16.5. The summed E-state index contributed by atoms with van der Waals surface area (Å²) < 4.78 is 11.5. The van der Waals surface area contributed by atoms with Crippen molar-refractivity contribution in [1.82, 2.24) is 5.32 Å². The number of hydrogen-bond donors (Lipinski definition) is 1. The smallest absolute Gasteiger partial charge is 0.0809 e. The van der Waals surface area contributed by atoms with Gasteiger partial charge >= 0.3 is 0 Å². The lowest BCUT2D eigenvalue weighted by Gasteiger charge is -2.45. The summed E-state index contributed by atoms with van der Waals surface area (Å²) in [6, 6.07) is 0.483. The van der Waals surface area contributed by atoms with Crippen LogP contribution in [-0.2, 0) is 9.47 Å². The number of likely N-dealkylation sites (N-methyl/N-ethyl adjacent to an activating group) is 1. The highest BCUT2D eigenvalue weighted by molar-refractivity contribution is 4.95. The van der Waals surface area contributed by atoms with Gasteiger partial charge in [0, 0.05) is 25.9 Å². The van der Waals surface area contributed by atoms with Crippen LogP contribution in [0.5, 0.6) is 0 Å². The Morgan fingerprint density at radius 2 is 1.94 bits per heavy atom. The van der Waals surface area contributed by atoms with E-state index >= 15 is 0 Å². The molecule has 2 atom stereocenters. The van der Waals surface area contributed by atoms with Gasteiger partial charge in [0.2, 0.25) is 0 Å². The Morgan fingerprint density at radius 3 is 2.50 bits per heavy atom. The molecule has 2 fully saturated rings. The first-order chi connectivity index (χ1) is 7.76. The molecule has 2 unspecified atom stereocenters. The first-order valence-electron chi connectivity index (χ1n) is 6.65. The highest BCUT2D eigenvalue weighted by Crippen LogP contribution is 2.34. The van der Waals surface area contributed by atoms with Crippen molar-refractivity contribution in [2.24, 2.45) is 5.92 Å². The van der Waals surface area contributed by atoms with Crippen LogP contribution >= 0.6 is 0 Å². The molecule has 16 heavy (non-hydrogen) atoms. The van der Waals surface area contributed by atoms with E-state index in [1.807, 2.05) is 0 Å². The van der Waals surface area contributed by atoms with Crippen LogP contribution in [0.25, 0.3) is 0 Å². The van der Waals surface area contributed by atoms with E-state index in [1.54, 1.807) is 0 Å². The van der Waals surface area contributed by atoms with E-state index in [0.717, 1.165) is 19.8 Å². The number of hydrogen-bond acceptors (Lipinski definition) is 3. The molecule has 2 saturated heterocycles. The molecule has 0 amide bonds. The molecule has 3 heteroatoms. The van der Waals surface area contributed by atoms with Crippen molar-refractivity contribution in [2.75, 3.05) is 26.9 Å². The zero-order valence-electron chi connectivity index (χ0n) is 10.6. The molecule has 0 spiro atoms. The molecule has 2 rings (SSSR count). The van der Waals surface area contributed by atoms with Gasteiger partial charge in [-0.25, -0.2) is 0 Å². The summed E-state index contributed by atoms with van der Waals surface area (Å²) in [4.78, 5) is 0. The zero-order valence-corrected chi connectivity index (χ0v) is 10.6. The lowest BCUT2D eigenvalue weighted by atomic mass is 9.78. The maximum Gasteiger partial charge on any atom is 0.0809 e. The van der Waals surface area contributed by atoms with Gasteiger partial charge in [0.15, 0.2) is 0 Å². The molecule has 0 aromatic heterocycles. The average molecular weight is 227 g/mol. The van der Waals surface area contributed by atoms with Crippen molar-refractivity contribution in [3.63, 3.8) is 0 Å². The number of rotatable bonds is 3. The fourth-order valence-electron chi connectivity index (χ4n) is 3.29. The van der Waals surface area contributed by atoms with E-state index in [4.69, 9.17) is 9.47 Å². The third-order valence-electron chi connectivity index (χ3n) is 4.21. The normalized spacial score (nSPS) is 34.9. The molecule has 0 aliphatic carbocycles. The van der Waals surface area contributed by atoms with Crippen LogP contribution < -0.4 is 5.32 Å². The molecule has 94 valence electrons. The first-order valence-corrected chi connectivity index (χ1v) is 6.65. The monoisotopic (exact) mass is 227 g/mol. The molecular weight excluding hydrogens is 202 g/mol. The SMILES string of the molecule is CNC(C1CCOCC1)C1(C)CCCCO1. The fraction of sp³-hybridized carbons (Fsp3) is 1.00. The molecule has 0 aromatic carbocycles. The second-order valence-corrected chi connectivity index (χ2v) is 5.33. The van der Waals surface area contributed by atoms with Gasteiger partial charge in [0.25, 0.3) is 0 Å². The van der Waals surface area contributed by atoms with Gasteiger partial charge < -0.3 is 14.8 Å². The van der Waals surface area contributed by atoms with Crippen LogP contribution in [0.4, 0.5) is 0 Å². The Balaban J connectivity index is 2.01. The summed E-state index contributed by atoms with van der Waals surface area (Å²) in [6.07, 6.45) is 6.06. The standard InChI is InChI=1S/C13H25NO2/c1-13(7-3-4-8-16-13)12(14-2)11-5-9-15-10-6-11/h11-12,14H,3-10H2,1-2H3. The van der Waals surface area contributed by atoms with Crippen LogP contribution in [0.1, 0.15) is 39.0 Å². The van der Waals surface area contributed by atoms with Gasteiger partial charge in [-0.15, -0.1) is 0 Å². The van der Waals surface area contributed by atoms with Crippen molar-refractivity contribution in [2.45, 2.75) is 50.7 Å². The van der Waals surface area contributed by atoms with Gasteiger partial charge in [-0.05, 0) is 52.0 Å². The maximum atomic E-state index is 6.07. The summed E-state index contributed by atoms with van der Waals surface area (Å²) >= 11 is 0. The topological polar surface area (TPSA) is 30.5 Å². The van der Waals surface area contributed by atoms with Gasteiger partial charge in [-0.3, -0.25) is 0 Å². The second kappa shape index (κ2) is 5.48. The zero-order chi connectivity index (χ0) is 11.4. The largest absolute Gasteiger partial charge is 0.381 e. The Labute approximate surface area is 98.9 Å². The Hall–Kier alpha value is -0.120. The molecule has 3 nitrogen and oxygen atoms in total.